The number of hydrogen-bond donors (Lipinski definition) is 1. The van der Waals surface area contributed by atoms with Crippen molar-refractivity contribution in [1.82, 2.24) is 10.2 Å². The fraction of sp³-hybridized carbons (Fsp3) is 0.417. The lowest BCUT2D eigenvalue weighted by molar-refractivity contribution is -0.138. The fourth-order valence-electron chi connectivity index (χ4n) is 3.49. The van der Waals surface area contributed by atoms with Crippen LogP contribution in [0.15, 0.2) is 48.5 Å². The number of rotatable bonds is 12. The van der Waals surface area contributed by atoms with E-state index in [0.717, 1.165) is 16.1 Å². The molecule has 9 nitrogen and oxygen atoms in total. The van der Waals surface area contributed by atoms with E-state index in [4.69, 9.17) is 9.47 Å². The summed E-state index contributed by atoms with van der Waals surface area (Å²) in [4.78, 5) is 27.4. The predicted octanol–water partition coefficient (Wildman–Crippen LogP) is 2.07. The minimum absolute atomic E-state index is 0.252. The number of nitrogens with zero attached hydrogens (tertiary/aromatic N) is 2. The van der Waals surface area contributed by atoms with E-state index in [9.17, 15) is 18.0 Å². The SMILES string of the molecule is CCNC(=O)[C@@H](C)N(CCc1ccccc1)C(=O)CN(c1ccc(OC)c(OC)c1)S(C)(=O)=O. The standard InChI is InChI=1S/C24H33N3O6S/c1-6-25-24(29)18(2)26(15-14-19-10-8-7-9-11-19)23(28)17-27(34(5,30)31)20-12-13-21(32-3)22(16-20)33-4/h7-13,16,18H,6,14-15,17H2,1-5H3,(H,25,29)/t18-/m1/s1. The molecule has 1 atom stereocenters. The van der Waals surface area contributed by atoms with Crippen molar-refractivity contribution in [1.29, 1.82) is 0 Å². The molecule has 0 radical (unpaired) electrons. The second-order valence-corrected chi connectivity index (χ2v) is 9.61. The van der Waals surface area contributed by atoms with E-state index in [-0.39, 0.29) is 18.1 Å². The Morgan fingerprint density at radius 2 is 1.68 bits per heavy atom. The van der Waals surface area contributed by atoms with E-state index in [0.29, 0.717) is 24.5 Å². The molecule has 1 N–H and O–H groups in total. The van der Waals surface area contributed by atoms with Gasteiger partial charge >= 0.3 is 0 Å². The summed E-state index contributed by atoms with van der Waals surface area (Å²) >= 11 is 0. The Morgan fingerprint density at radius 3 is 2.24 bits per heavy atom. The largest absolute Gasteiger partial charge is 0.493 e. The molecule has 0 aliphatic rings. The maximum absolute atomic E-state index is 13.4. The average Bonchev–Trinajstić information content (AvgIpc) is 2.82. The van der Waals surface area contributed by atoms with Gasteiger partial charge in [0.25, 0.3) is 0 Å². The van der Waals surface area contributed by atoms with Gasteiger partial charge < -0.3 is 19.7 Å². The molecular weight excluding hydrogens is 458 g/mol. The summed E-state index contributed by atoms with van der Waals surface area (Å²) in [5, 5.41) is 2.73. The zero-order valence-electron chi connectivity index (χ0n) is 20.3. The van der Waals surface area contributed by atoms with Gasteiger partial charge in [-0.25, -0.2) is 8.42 Å². The van der Waals surface area contributed by atoms with Crippen LogP contribution < -0.4 is 19.1 Å². The molecule has 2 rings (SSSR count). The highest BCUT2D eigenvalue weighted by atomic mass is 32.2. The number of amides is 2. The molecule has 0 aliphatic heterocycles. The first-order valence-corrected chi connectivity index (χ1v) is 12.8. The quantitative estimate of drug-likeness (QED) is 0.487. The number of hydrogen-bond acceptors (Lipinski definition) is 6. The monoisotopic (exact) mass is 491 g/mol. The molecule has 0 aromatic heterocycles. The van der Waals surface area contributed by atoms with Crippen molar-refractivity contribution < 1.29 is 27.5 Å². The predicted molar refractivity (Wildman–Crippen MR) is 132 cm³/mol. The van der Waals surface area contributed by atoms with Crippen LogP contribution in [0.1, 0.15) is 19.4 Å². The van der Waals surface area contributed by atoms with Gasteiger partial charge in [-0.3, -0.25) is 13.9 Å². The molecule has 2 aromatic carbocycles. The van der Waals surface area contributed by atoms with Gasteiger partial charge in [0.1, 0.15) is 12.6 Å². The van der Waals surface area contributed by atoms with Crippen LogP contribution in [0, 0.1) is 0 Å². The molecule has 0 aliphatic carbocycles. The molecule has 34 heavy (non-hydrogen) atoms. The summed E-state index contributed by atoms with van der Waals surface area (Å²) in [7, 11) is -0.909. The molecule has 186 valence electrons. The summed E-state index contributed by atoms with van der Waals surface area (Å²) in [5.41, 5.74) is 1.26. The number of anilines is 1. The van der Waals surface area contributed by atoms with E-state index < -0.39 is 28.5 Å². The Balaban J connectivity index is 2.35. The molecule has 0 fully saturated rings. The highest BCUT2D eigenvalue weighted by molar-refractivity contribution is 7.92. The normalized spacial score (nSPS) is 11.9. The smallest absolute Gasteiger partial charge is 0.244 e. The third kappa shape index (κ3) is 7.11. The summed E-state index contributed by atoms with van der Waals surface area (Å²) < 4.78 is 36.8. The van der Waals surface area contributed by atoms with Crippen LogP contribution in [-0.2, 0) is 26.0 Å². The van der Waals surface area contributed by atoms with Gasteiger partial charge in [-0.15, -0.1) is 0 Å². The van der Waals surface area contributed by atoms with Crippen molar-refractivity contribution in [2.24, 2.45) is 0 Å². The Kier molecular flexibility index (Phi) is 9.73. The van der Waals surface area contributed by atoms with Crippen molar-refractivity contribution >= 4 is 27.5 Å². The summed E-state index contributed by atoms with van der Waals surface area (Å²) in [6.07, 6.45) is 1.55. The topological polar surface area (TPSA) is 105 Å². The highest BCUT2D eigenvalue weighted by Gasteiger charge is 2.30. The zero-order valence-corrected chi connectivity index (χ0v) is 21.1. The maximum atomic E-state index is 13.4. The van der Waals surface area contributed by atoms with Crippen LogP contribution in [0.2, 0.25) is 0 Å². The molecule has 0 heterocycles. The lowest BCUT2D eigenvalue weighted by atomic mass is 10.1. The Bertz CT molecular complexity index is 1080. The number of ether oxygens (including phenoxy) is 2. The van der Waals surface area contributed by atoms with Gasteiger partial charge in [0.05, 0.1) is 26.2 Å². The first-order chi connectivity index (χ1) is 16.1. The fourth-order valence-corrected chi connectivity index (χ4v) is 4.33. The van der Waals surface area contributed by atoms with Crippen LogP contribution in [0.25, 0.3) is 0 Å². The molecular formula is C24H33N3O6S. The van der Waals surface area contributed by atoms with E-state index in [1.165, 1.54) is 31.3 Å². The van der Waals surface area contributed by atoms with Crippen molar-refractivity contribution in [3.8, 4) is 11.5 Å². The summed E-state index contributed by atoms with van der Waals surface area (Å²) in [5.74, 6) is -0.0334. The van der Waals surface area contributed by atoms with E-state index in [1.807, 2.05) is 30.3 Å². The Morgan fingerprint density at radius 1 is 1.03 bits per heavy atom. The highest BCUT2D eigenvalue weighted by Crippen LogP contribution is 2.32. The molecule has 0 saturated heterocycles. The van der Waals surface area contributed by atoms with Gasteiger partial charge in [-0.2, -0.15) is 0 Å². The van der Waals surface area contributed by atoms with Gasteiger partial charge in [-0.05, 0) is 38.0 Å². The molecule has 0 spiro atoms. The lowest BCUT2D eigenvalue weighted by Crippen LogP contribution is -2.52. The van der Waals surface area contributed by atoms with Gasteiger partial charge in [0.2, 0.25) is 21.8 Å². The second-order valence-electron chi connectivity index (χ2n) is 7.70. The number of carbonyl (C=O) groups excluding carboxylic acids is 2. The molecule has 0 unspecified atom stereocenters. The molecule has 10 heteroatoms. The zero-order chi connectivity index (χ0) is 25.3. The van der Waals surface area contributed by atoms with Crippen LogP contribution in [-0.4, -0.2) is 71.3 Å². The third-order valence-corrected chi connectivity index (χ3v) is 6.48. The van der Waals surface area contributed by atoms with E-state index in [2.05, 4.69) is 5.32 Å². The second kappa shape index (κ2) is 12.3. The molecule has 0 bridgehead atoms. The van der Waals surface area contributed by atoms with Crippen molar-refractivity contribution in [2.75, 3.05) is 44.4 Å². The Labute approximate surface area is 201 Å². The molecule has 0 saturated carbocycles. The first kappa shape index (κ1) is 27.0. The van der Waals surface area contributed by atoms with Crippen LogP contribution in [0.5, 0.6) is 11.5 Å². The molecule has 2 aromatic rings. The van der Waals surface area contributed by atoms with Gasteiger partial charge in [0, 0.05) is 19.2 Å². The number of methoxy groups -OCH3 is 2. The minimum Gasteiger partial charge on any atom is -0.493 e. The van der Waals surface area contributed by atoms with Gasteiger partial charge in [-0.1, -0.05) is 30.3 Å². The number of sulfonamides is 1. The van der Waals surface area contributed by atoms with Crippen LogP contribution in [0.3, 0.4) is 0 Å². The van der Waals surface area contributed by atoms with Crippen molar-refractivity contribution in [3.05, 3.63) is 54.1 Å². The summed E-state index contributed by atoms with van der Waals surface area (Å²) in [6.45, 7) is 3.64. The lowest BCUT2D eigenvalue weighted by Gasteiger charge is -2.31. The van der Waals surface area contributed by atoms with Crippen LogP contribution >= 0.6 is 0 Å². The van der Waals surface area contributed by atoms with Gasteiger partial charge in [0.15, 0.2) is 11.5 Å². The number of carbonyl (C=O) groups is 2. The van der Waals surface area contributed by atoms with Crippen LogP contribution in [0.4, 0.5) is 5.69 Å². The third-order valence-electron chi connectivity index (χ3n) is 5.34. The van der Waals surface area contributed by atoms with Crippen molar-refractivity contribution in [2.45, 2.75) is 26.3 Å². The van der Waals surface area contributed by atoms with E-state index >= 15 is 0 Å². The van der Waals surface area contributed by atoms with E-state index in [1.54, 1.807) is 19.9 Å². The minimum atomic E-state index is -3.83. The number of nitrogens with one attached hydrogen (secondary N) is 1. The molecule has 2 amide bonds. The first-order valence-electron chi connectivity index (χ1n) is 10.9. The maximum Gasteiger partial charge on any atom is 0.244 e. The summed E-state index contributed by atoms with van der Waals surface area (Å²) in [6, 6.07) is 13.4. The number of likely N-dealkylation sites (N-methyl/N-ethyl adjacent to an activating group) is 1. The average molecular weight is 492 g/mol. The van der Waals surface area contributed by atoms with Crippen molar-refractivity contribution in [3.63, 3.8) is 0 Å². The number of benzene rings is 2. The Hall–Kier alpha value is -3.27.